The molecule has 7 heteroatoms. The number of anilines is 1. The van der Waals surface area contributed by atoms with Crippen molar-refractivity contribution < 1.29 is 18.7 Å². The number of ether oxygens (including phenoxy) is 2. The van der Waals surface area contributed by atoms with Crippen LogP contribution >= 0.6 is 0 Å². The molecule has 0 aliphatic heterocycles. The average Bonchev–Trinajstić information content (AvgIpc) is 3.07. The summed E-state index contributed by atoms with van der Waals surface area (Å²) in [7, 11) is 1.57. The lowest BCUT2D eigenvalue weighted by molar-refractivity contribution is -0.118. The van der Waals surface area contributed by atoms with Crippen molar-refractivity contribution in [2.24, 2.45) is 0 Å². The maximum absolute atomic E-state index is 12.0. The molecule has 0 radical (unpaired) electrons. The molecule has 128 valence electrons. The molecule has 0 saturated carbocycles. The Balaban J connectivity index is 1.55. The highest BCUT2D eigenvalue weighted by Gasteiger charge is 2.07. The molecule has 1 aromatic heterocycles. The number of carbonyl (C=O) groups is 1. The topological polar surface area (TPSA) is 86.5 Å². The smallest absolute Gasteiger partial charge is 0.262 e. The molecule has 7 nitrogen and oxygen atoms in total. The van der Waals surface area contributed by atoms with E-state index >= 15 is 0 Å². The predicted octanol–water partition coefficient (Wildman–Crippen LogP) is 3.07. The van der Waals surface area contributed by atoms with E-state index in [1.165, 1.54) is 0 Å². The first kappa shape index (κ1) is 16.5. The molecule has 1 N–H and O–H groups in total. The highest BCUT2D eigenvalue weighted by Crippen LogP contribution is 2.21. The molecule has 3 aromatic rings. The van der Waals surface area contributed by atoms with Crippen LogP contribution in [0, 0.1) is 6.92 Å². The van der Waals surface area contributed by atoms with Crippen LogP contribution in [-0.2, 0) is 4.79 Å². The van der Waals surface area contributed by atoms with Crippen molar-refractivity contribution in [2.45, 2.75) is 6.92 Å². The minimum absolute atomic E-state index is 0.101. The highest BCUT2D eigenvalue weighted by atomic mass is 16.5. The van der Waals surface area contributed by atoms with Gasteiger partial charge in [-0.05, 0) is 36.4 Å². The molecule has 0 unspecified atom stereocenters. The molecule has 0 saturated heterocycles. The van der Waals surface area contributed by atoms with E-state index in [0.29, 0.717) is 29.0 Å². The molecular weight excluding hydrogens is 322 g/mol. The van der Waals surface area contributed by atoms with Crippen LogP contribution in [0.3, 0.4) is 0 Å². The number of methoxy groups -OCH3 is 1. The maximum atomic E-state index is 12.0. The molecule has 0 aliphatic carbocycles. The van der Waals surface area contributed by atoms with E-state index in [1.54, 1.807) is 62.6 Å². The van der Waals surface area contributed by atoms with Crippen molar-refractivity contribution in [3.05, 3.63) is 54.4 Å². The molecule has 0 fully saturated rings. The molecule has 1 heterocycles. The van der Waals surface area contributed by atoms with Gasteiger partial charge in [-0.3, -0.25) is 4.79 Å². The molecule has 0 atom stereocenters. The number of carbonyl (C=O) groups excluding carboxylic acids is 1. The van der Waals surface area contributed by atoms with E-state index in [-0.39, 0.29) is 12.5 Å². The molecule has 0 bridgehead atoms. The summed E-state index contributed by atoms with van der Waals surface area (Å²) < 4.78 is 16.0. The van der Waals surface area contributed by atoms with Gasteiger partial charge in [-0.1, -0.05) is 6.07 Å². The molecule has 25 heavy (non-hydrogen) atoms. The number of benzene rings is 2. The van der Waals surface area contributed by atoms with Gasteiger partial charge in [0.2, 0.25) is 11.8 Å². The van der Waals surface area contributed by atoms with Gasteiger partial charge in [-0.15, -0.1) is 10.2 Å². The molecule has 1 amide bonds. The fraction of sp³-hybridized carbons (Fsp3) is 0.167. The Labute approximate surface area is 144 Å². The van der Waals surface area contributed by atoms with Gasteiger partial charge in [0.25, 0.3) is 5.91 Å². The second-order valence-electron chi connectivity index (χ2n) is 5.22. The highest BCUT2D eigenvalue weighted by molar-refractivity contribution is 5.92. The standard InChI is InChI=1S/C18H17N3O4/c1-12-20-21-18(25-12)13-6-8-15(9-7-13)24-11-17(22)19-14-4-3-5-16(10-14)23-2/h3-10H,11H2,1-2H3,(H,19,22). The van der Waals surface area contributed by atoms with Crippen LogP contribution in [0.2, 0.25) is 0 Å². The minimum atomic E-state index is -0.259. The quantitative estimate of drug-likeness (QED) is 0.743. The monoisotopic (exact) mass is 339 g/mol. The summed E-state index contributed by atoms with van der Waals surface area (Å²) in [6.45, 7) is 1.63. The van der Waals surface area contributed by atoms with E-state index in [2.05, 4.69) is 15.5 Å². The molecule has 2 aromatic carbocycles. The van der Waals surface area contributed by atoms with Crippen LogP contribution in [-0.4, -0.2) is 29.8 Å². The number of rotatable bonds is 6. The SMILES string of the molecule is COc1cccc(NC(=O)COc2ccc(-c3nnc(C)o3)cc2)c1. The zero-order valence-electron chi connectivity index (χ0n) is 13.9. The summed E-state index contributed by atoms with van der Waals surface area (Å²) in [6.07, 6.45) is 0. The first-order valence-electron chi connectivity index (χ1n) is 7.61. The third kappa shape index (κ3) is 4.35. The van der Waals surface area contributed by atoms with Crippen LogP contribution in [0.1, 0.15) is 5.89 Å². The lowest BCUT2D eigenvalue weighted by atomic mass is 10.2. The van der Waals surface area contributed by atoms with Gasteiger partial charge < -0.3 is 19.2 Å². The number of hydrogen-bond acceptors (Lipinski definition) is 6. The second kappa shape index (κ2) is 7.48. The van der Waals surface area contributed by atoms with E-state index in [0.717, 1.165) is 5.56 Å². The van der Waals surface area contributed by atoms with Gasteiger partial charge in [-0.25, -0.2) is 0 Å². The van der Waals surface area contributed by atoms with Gasteiger partial charge in [0.1, 0.15) is 11.5 Å². The Hall–Kier alpha value is -3.35. The van der Waals surface area contributed by atoms with Crippen LogP contribution in [0.4, 0.5) is 5.69 Å². The van der Waals surface area contributed by atoms with E-state index in [4.69, 9.17) is 13.9 Å². The number of nitrogens with zero attached hydrogens (tertiary/aromatic N) is 2. The van der Waals surface area contributed by atoms with Gasteiger partial charge in [0.15, 0.2) is 6.61 Å². The van der Waals surface area contributed by atoms with E-state index < -0.39 is 0 Å². The van der Waals surface area contributed by atoms with Gasteiger partial charge >= 0.3 is 0 Å². The summed E-state index contributed by atoms with van der Waals surface area (Å²) >= 11 is 0. The summed E-state index contributed by atoms with van der Waals surface area (Å²) in [5, 5.41) is 10.5. The average molecular weight is 339 g/mol. The van der Waals surface area contributed by atoms with Crippen molar-refractivity contribution in [2.75, 3.05) is 19.0 Å². The van der Waals surface area contributed by atoms with Crippen LogP contribution in [0.15, 0.2) is 52.9 Å². The normalized spacial score (nSPS) is 10.3. The number of nitrogens with one attached hydrogen (secondary N) is 1. The lowest BCUT2D eigenvalue weighted by Gasteiger charge is -2.08. The Morgan fingerprint density at radius 2 is 1.92 bits per heavy atom. The fourth-order valence-corrected chi connectivity index (χ4v) is 2.15. The predicted molar refractivity (Wildman–Crippen MR) is 91.6 cm³/mol. The van der Waals surface area contributed by atoms with Crippen molar-refractivity contribution in [1.82, 2.24) is 10.2 Å². The Morgan fingerprint density at radius 3 is 2.60 bits per heavy atom. The van der Waals surface area contributed by atoms with Crippen molar-refractivity contribution >= 4 is 11.6 Å². The van der Waals surface area contributed by atoms with Crippen LogP contribution in [0.25, 0.3) is 11.5 Å². The third-order valence-corrected chi connectivity index (χ3v) is 3.35. The minimum Gasteiger partial charge on any atom is -0.497 e. The van der Waals surface area contributed by atoms with Crippen molar-refractivity contribution in [3.63, 3.8) is 0 Å². The Bertz CT molecular complexity index is 859. The third-order valence-electron chi connectivity index (χ3n) is 3.35. The zero-order chi connectivity index (χ0) is 17.6. The number of aromatic nitrogens is 2. The zero-order valence-corrected chi connectivity index (χ0v) is 13.9. The van der Waals surface area contributed by atoms with E-state index in [9.17, 15) is 4.79 Å². The van der Waals surface area contributed by atoms with Crippen LogP contribution < -0.4 is 14.8 Å². The molecular formula is C18H17N3O4. The summed E-state index contributed by atoms with van der Waals surface area (Å²) in [5.74, 6) is 1.93. The number of amides is 1. The molecule has 3 rings (SSSR count). The fourth-order valence-electron chi connectivity index (χ4n) is 2.15. The first-order chi connectivity index (χ1) is 12.1. The van der Waals surface area contributed by atoms with Gasteiger partial charge in [0, 0.05) is 24.2 Å². The summed E-state index contributed by atoms with van der Waals surface area (Å²) in [6, 6.07) is 14.2. The maximum Gasteiger partial charge on any atom is 0.262 e. The summed E-state index contributed by atoms with van der Waals surface area (Å²) in [4.78, 5) is 12.0. The lowest BCUT2D eigenvalue weighted by Crippen LogP contribution is -2.20. The van der Waals surface area contributed by atoms with Gasteiger partial charge in [0.05, 0.1) is 7.11 Å². The number of hydrogen-bond donors (Lipinski definition) is 1. The second-order valence-corrected chi connectivity index (χ2v) is 5.22. The van der Waals surface area contributed by atoms with Crippen molar-refractivity contribution in [3.8, 4) is 23.0 Å². The molecule has 0 aliphatic rings. The largest absolute Gasteiger partial charge is 0.497 e. The first-order valence-corrected chi connectivity index (χ1v) is 7.61. The molecule has 0 spiro atoms. The van der Waals surface area contributed by atoms with Crippen LogP contribution in [0.5, 0.6) is 11.5 Å². The van der Waals surface area contributed by atoms with Crippen molar-refractivity contribution in [1.29, 1.82) is 0 Å². The Morgan fingerprint density at radius 1 is 1.12 bits per heavy atom. The van der Waals surface area contributed by atoms with Gasteiger partial charge in [-0.2, -0.15) is 0 Å². The van der Waals surface area contributed by atoms with E-state index in [1.807, 2.05) is 0 Å². The Kier molecular flexibility index (Phi) is 4.94. The summed E-state index contributed by atoms with van der Waals surface area (Å²) in [5.41, 5.74) is 1.43. The number of aryl methyl sites for hydroxylation is 1.